The maximum atomic E-state index is 14.0. The molecule has 5 rings (SSSR count). The van der Waals surface area contributed by atoms with Crippen molar-refractivity contribution in [2.24, 2.45) is 5.92 Å². The van der Waals surface area contributed by atoms with Gasteiger partial charge in [0, 0.05) is 42.6 Å². The Bertz CT molecular complexity index is 1130. The van der Waals surface area contributed by atoms with E-state index in [2.05, 4.69) is 4.98 Å². The van der Waals surface area contributed by atoms with E-state index in [1.54, 1.807) is 24.5 Å². The first-order chi connectivity index (χ1) is 14.5. The quantitative estimate of drug-likeness (QED) is 0.568. The molecule has 0 radical (unpaired) electrons. The van der Waals surface area contributed by atoms with E-state index in [9.17, 15) is 13.6 Å². The Hall–Kier alpha value is -3.28. The highest BCUT2D eigenvalue weighted by molar-refractivity contribution is 5.82. The lowest BCUT2D eigenvalue weighted by Gasteiger charge is -2.11. The molecule has 0 spiro atoms. The molecule has 2 aromatic carbocycles. The lowest BCUT2D eigenvalue weighted by atomic mass is 10.0. The number of fused-ring (bicyclic) bond motifs is 3. The van der Waals surface area contributed by atoms with Gasteiger partial charge in [-0.3, -0.25) is 9.78 Å². The van der Waals surface area contributed by atoms with E-state index in [-0.39, 0.29) is 47.7 Å². The van der Waals surface area contributed by atoms with Crippen molar-refractivity contribution in [1.82, 2.24) is 4.98 Å². The monoisotopic (exact) mass is 407 g/mol. The van der Waals surface area contributed by atoms with E-state index in [0.29, 0.717) is 11.5 Å². The van der Waals surface area contributed by atoms with E-state index in [1.165, 1.54) is 6.92 Å². The molecule has 6 heteroatoms. The molecule has 3 atom stereocenters. The van der Waals surface area contributed by atoms with Crippen LogP contribution in [0.15, 0.2) is 54.9 Å². The van der Waals surface area contributed by atoms with Crippen LogP contribution in [0, 0.1) is 24.5 Å². The summed E-state index contributed by atoms with van der Waals surface area (Å²) in [4.78, 5) is 16.5. The molecule has 1 aliphatic heterocycles. The molecule has 0 saturated heterocycles. The molecular weight excluding hydrogens is 388 g/mol. The van der Waals surface area contributed by atoms with Crippen LogP contribution < -0.4 is 9.47 Å². The summed E-state index contributed by atoms with van der Waals surface area (Å²) < 4.78 is 39.6. The Morgan fingerprint density at radius 1 is 1.07 bits per heavy atom. The van der Waals surface area contributed by atoms with Gasteiger partial charge in [0.2, 0.25) is 0 Å². The lowest BCUT2D eigenvalue weighted by molar-refractivity contribution is -0.119. The number of Topliss-reactive ketones (excluding diaryl/α,β-unsaturated/α-hetero) is 1. The van der Waals surface area contributed by atoms with E-state index in [4.69, 9.17) is 9.47 Å². The van der Waals surface area contributed by atoms with E-state index < -0.39 is 11.6 Å². The molecule has 1 aromatic heterocycles. The highest BCUT2D eigenvalue weighted by atomic mass is 19.1. The SMILES string of the molecule is Cc1cc(F)c(CC(=O)C[C@@H]2[C@H]3Oc4ccc(Oc5ccncc5)cc4[C@@H]23)cc1F. The number of aryl methyl sites for hydroxylation is 1. The third kappa shape index (κ3) is 3.43. The predicted octanol–water partition coefficient (Wildman–Crippen LogP) is 5.14. The van der Waals surface area contributed by atoms with Gasteiger partial charge in [0.25, 0.3) is 0 Å². The van der Waals surface area contributed by atoms with Gasteiger partial charge in [0.1, 0.15) is 40.8 Å². The number of halogens is 2. The molecule has 0 amide bonds. The molecule has 0 N–H and O–H groups in total. The Balaban J connectivity index is 1.25. The normalized spacial score (nSPS) is 20.8. The summed E-state index contributed by atoms with van der Waals surface area (Å²) >= 11 is 0. The van der Waals surface area contributed by atoms with Gasteiger partial charge in [-0.1, -0.05) is 0 Å². The van der Waals surface area contributed by atoms with E-state index >= 15 is 0 Å². The fourth-order valence-corrected chi connectivity index (χ4v) is 4.17. The number of rotatable bonds is 6. The Morgan fingerprint density at radius 2 is 1.87 bits per heavy atom. The summed E-state index contributed by atoms with van der Waals surface area (Å²) in [6.07, 6.45) is 3.44. The van der Waals surface area contributed by atoms with Crippen molar-refractivity contribution in [3.8, 4) is 17.2 Å². The molecule has 30 heavy (non-hydrogen) atoms. The second-order valence-corrected chi connectivity index (χ2v) is 7.87. The van der Waals surface area contributed by atoms with Crippen molar-refractivity contribution >= 4 is 5.78 Å². The largest absolute Gasteiger partial charge is 0.489 e. The second kappa shape index (κ2) is 7.20. The van der Waals surface area contributed by atoms with Gasteiger partial charge in [-0.15, -0.1) is 0 Å². The van der Waals surface area contributed by atoms with Crippen LogP contribution in [0.5, 0.6) is 17.2 Å². The third-order valence-electron chi connectivity index (χ3n) is 5.76. The van der Waals surface area contributed by atoms with Gasteiger partial charge in [-0.2, -0.15) is 0 Å². The summed E-state index contributed by atoms with van der Waals surface area (Å²) in [6, 6.07) is 11.5. The number of aromatic nitrogens is 1. The zero-order chi connectivity index (χ0) is 20.8. The van der Waals surface area contributed by atoms with Crippen molar-refractivity contribution in [2.75, 3.05) is 0 Å². The van der Waals surface area contributed by atoms with Gasteiger partial charge >= 0.3 is 0 Å². The average molecular weight is 407 g/mol. The van der Waals surface area contributed by atoms with Crippen molar-refractivity contribution < 1.29 is 23.0 Å². The Morgan fingerprint density at radius 3 is 2.67 bits per heavy atom. The van der Waals surface area contributed by atoms with Crippen molar-refractivity contribution in [1.29, 1.82) is 0 Å². The second-order valence-electron chi connectivity index (χ2n) is 7.87. The molecule has 1 aliphatic carbocycles. The fraction of sp³-hybridized carbons (Fsp3) is 0.250. The van der Waals surface area contributed by atoms with Crippen LogP contribution in [-0.4, -0.2) is 16.9 Å². The summed E-state index contributed by atoms with van der Waals surface area (Å²) in [7, 11) is 0. The molecule has 1 fully saturated rings. The minimum atomic E-state index is -0.544. The first kappa shape index (κ1) is 18.7. The minimum absolute atomic E-state index is 0.0419. The van der Waals surface area contributed by atoms with Crippen molar-refractivity contribution in [3.63, 3.8) is 0 Å². The maximum Gasteiger partial charge on any atom is 0.137 e. The molecular formula is C24H19F2NO3. The molecule has 3 aromatic rings. The van der Waals surface area contributed by atoms with Gasteiger partial charge in [0.15, 0.2) is 0 Å². The number of pyridine rings is 1. The molecule has 1 saturated carbocycles. The van der Waals surface area contributed by atoms with Crippen LogP contribution in [0.2, 0.25) is 0 Å². The van der Waals surface area contributed by atoms with Crippen molar-refractivity contribution in [2.45, 2.75) is 31.8 Å². The van der Waals surface area contributed by atoms with Gasteiger partial charge in [0.05, 0.1) is 0 Å². The highest BCUT2D eigenvalue weighted by Crippen LogP contribution is 2.60. The number of hydrogen-bond acceptors (Lipinski definition) is 4. The first-order valence-electron chi connectivity index (χ1n) is 9.84. The molecule has 4 nitrogen and oxygen atoms in total. The van der Waals surface area contributed by atoms with Gasteiger partial charge < -0.3 is 9.47 Å². The molecule has 0 unspecified atom stereocenters. The number of benzene rings is 2. The molecule has 0 bridgehead atoms. The molecule has 152 valence electrons. The van der Waals surface area contributed by atoms with Crippen LogP contribution in [0.25, 0.3) is 0 Å². The molecule has 2 heterocycles. The van der Waals surface area contributed by atoms with Gasteiger partial charge in [-0.05, 0) is 60.5 Å². The van der Waals surface area contributed by atoms with E-state index in [1.807, 2.05) is 18.2 Å². The average Bonchev–Trinajstić information content (AvgIpc) is 3.23. The standard InChI is InChI=1S/C24H19F2NO3/c1-13-8-21(26)14(10-20(13)25)9-15(28)11-19-23-18-12-17(2-3-22(18)30-24(19)23)29-16-4-6-27-7-5-16/h2-8,10,12,19,23-24H,9,11H2,1H3/t19-,23-,24+/m0/s1. The highest BCUT2D eigenvalue weighted by Gasteiger charge is 2.59. The zero-order valence-corrected chi connectivity index (χ0v) is 16.3. The zero-order valence-electron chi connectivity index (χ0n) is 16.3. The number of nitrogens with zero attached hydrogens (tertiary/aromatic N) is 1. The van der Waals surface area contributed by atoms with Crippen LogP contribution in [0.4, 0.5) is 8.78 Å². The Kier molecular flexibility index (Phi) is 4.50. The molecule has 2 aliphatic rings. The van der Waals surface area contributed by atoms with Gasteiger partial charge in [-0.25, -0.2) is 8.78 Å². The van der Waals surface area contributed by atoms with Crippen LogP contribution >= 0.6 is 0 Å². The smallest absolute Gasteiger partial charge is 0.137 e. The Labute approximate surface area is 172 Å². The lowest BCUT2D eigenvalue weighted by Crippen LogP contribution is -2.10. The minimum Gasteiger partial charge on any atom is -0.489 e. The predicted molar refractivity (Wildman–Crippen MR) is 106 cm³/mol. The topological polar surface area (TPSA) is 48.4 Å². The maximum absolute atomic E-state index is 14.0. The number of hydrogen-bond donors (Lipinski definition) is 0. The summed E-state index contributed by atoms with van der Waals surface area (Å²) in [6.45, 7) is 1.50. The number of carbonyl (C=O) groups is 1. The van der Waals surface area contributed by atoms with Crippen molar-refractivity contribution in [3.05, 3.63) is 83.2 Å². The number of ketones is 1. The van der Waals surface area contributed by atoms with Crippen LogP contribution in [0.3, 0.4) is 0 Å². The summed E-state index contributed by atoms with van der Waals surface area (Å²) in [5.41, 5.74) is 1.36. The summed E-state index contributed by atoms with van der Waals surface area (Å²) in [5.74, 6) is 1.21. The summed E-state index contributed by atoms with van der Waals surface area (Å²) in [5, 5.41) is 0. The van der Waals surface area contributed by atoms with E-state index in [0.717, 1.165) is 23.4 Å². The third-order valence-corrected chi connectivity index (χ3v) is 5.76. The van der Waals surface area contributed by atoms with Crippen LogP contribution in [-0.2, 0) is 11.2 Å². The number of ether oxygens (including phenoxy) is 2. The number of carbonyl (C=O) groups excluding carboxylic acids is 1. The fourth-order valence-electron chi connectivity index (χ4n) is 4.17. The van der Waals surface area contributed by atoms with Crippen LogP contribution in [0.1, 0.15) is 29.0 Å². The first-order valence-corrected chi connectivity index (χ1v) is 9.84.